The molecular weight excluding hydrogens is 529 g/mol. The Morgan fingerprint density at radius 3 is 2.60 bits per heavy atom. The summed E-state index contributed by atoms with van der Waals surface area (Å²) < 4.78 is 48.3. The molecule has 0 saturated heterocycles. The van der Waals surface area contributed by atoms with Crippen molar-refractivity contribution in [2.45, 2.75) is 57.3 Å². The maximum atomic E-state index is 12.7. The normalized spacial score (nSPS) is 13.8. The van der Waals surface area contributed by atoms with E-state index < -0.39 is 29.8 Å². The standard InChI is InChI=1S/C28H37F3N4O5/c1-39-18-17-35(15-3-2-6-23-12-9-21-5-4-14-32-25(21)33-23)16-13-24(26(36)37)34-27(38)40-19-20-7-10-22(11-8-20)28(29,30)31/h7-12,24H,2-6,13-19H2,1H3,(H,32,33)(H,34,38)(H,36,37)/t24-/m0/s1. The zero-order valence-electron chi connectivity index (χ0n) is 22.6. The number of aromatic nitrogens is 1. The second-order valence-electron chi connectivity index (χ2n) is 9.73. The number of halogens is 3. The van der Waals surface area contributed by atoms with Crippen molar-refractivity contribution in [1.82, 2.24) is 15.2 Å². The predicted octanol–water partition coefficient (Wildman–Crippen LogP) is 4.50. The van der Waals surface area contributed by atoms with E-state index in [2.05, 4.69) is 27.7 Å². The van der Waals surface area contributed by atoms with E-state index in [-0.39, 0.29) is 13.0 Å². The van der Waals surface area contributed by atoms with Crippen molar-refractivity contribution in [2.75, 3.05) is 45.2 Å². The van der Waals surface area contributed by atoms with Gasteiger partial charge in [-0.15, -0.1) is 0 Å². The third-order valence-electron chi connectivity index (χ3n) is 6.70. The lowest BCUT2D eigenvalue weighted by Crippen LogP contribution is -2.43. The fourth-order valence-electron chi connectivity index (χ4n) is 4.40. The second kappa shape index (κ2) is 15.4. The number of alkyl halides is 3. The zero-order valence-corrected chi connectivity index (χ0v) is 22.6. The van der Waals surface area contributed by atoms with Gasteiger partial charge in [-0.3, -0.25) is 0 Å². The number of aliphatic carboxylic acids is 1. The highest BCUT2D eigenvalue weighted by molar-refractivity contribution is 5.79. The van der Waals surface area contributed by atoms with E-state index in [1.165, 1.54) is 17.7 Å². The fraction of sp³-hybridized carbons (Fsp3) is 0.536. The number of unbranched alkanes of at least 4 members (excludes halogenated alkanes) is 1. The van der Waals surface area contributed by atoms with Gasteiger partial charge in [0.1, 0.15) is 18.5 Å². The van der Waals surface area contributed by atoms with E-state index in [9.17, 15) is 27.9 Å². The molecule has 0 bridgehead atoms. The number of carbonyl (C=O) groups excluding carboxylic acids is 1. The maximum Gasteiger partial charge on any atom is 0.416 e. The molecule has 0 aliphatic carbocycles. The molecule has 12 heteroatoms. The Morgan fingerprint density at radius 2 is 1.90 bits per heavy atom. The molecule has 0 spiro atoms. The molecule has 3 N–H and O–H groups in total. The van der Waals surface area contributed by atoms with Gasteiger partial charge in [0.25, 0.3) is 0 Å². The number of hydrogen-bond donors (Lipinski definition) is 3. The van der Waals surface area contributed by atoms with Crippen LogP contribution in [0.1, 0.15) is 48.1 Å². The van der Waals surface area contributed by atoms with E-state index in [0.717, 1.165) is 68.8 Å². The predicted molar refractivity (Wildman–Crippen MR) is 143 cm³/mol. The highest BCUT2D eigenvalue weighted by atomic mass is 19.4. The zero-order chi connectivity index (χ0) is 29.0. The summed E-state index contributed by atoms with van der Waals surface area (Å²) in [4.78, 5) is 30.8. The quantitative estimate of drug-likeness (QED) is 0.270. The van der Waals surface area contributed by atoms with E-state index >= 15 is 0 Å². The van der Waals surface area contributed by atoms with E-state index in [0.29, 0.717) is 25.3 Å². The Morgan fingerprint density at radius 1 is 1.12 bits per heavy atom. The van der Waals surface area contributed by atoms with Gasteiger partial charge in [0.05, 0.1) is 12.2 Å². The second-order valence-corrected chi connectivity index (χ2v) is 9.73. The van der Waals surface area contributed by atoms with Crippen molar-refractivity contribution in [3.05, 3.63) is 58.8 Å². The van der Waals surface area contributed by atoms with Crippen molar-refractivity contribution >= 4 is 17.9 Å². The molecule has 9 nitrogen and oxygen atoms in total. The molecule has 0 saturated carbocycles. The molecule has 3 rings (SSSR count). The van der Waals surface area contributed by atoms with E-state index in [1.807, 2.05) is 0 Å². The number of nitrogens with zero attached hydrogens (tertiary/aromatic N) is 2. The number of fused-ring (bicyclic) bond motifs is 1. The van der Waals surface area contributed by atoms with Crippen molar-refractivity contribution in [3.63, 3.8) is 0 Å². The van der Waals surface area contributed by atoms with Gasteiger partial charge in [-0.05, 0) is 74.4 Å². The van der Waals surface area contributed by atoms with Crippen molar-refractivity contribution in [3.8, 4) is 0 Å². The Hall–Kier alpha value is -3.38. The fourth-order valence-corrected chi connectivity index (χ4v) is 4.40. The number of benzene rings is 1. The first-order valence-corrected chi connectivity index (χ1v) is 13.4. The number of pyridine rings is 1. The Bertz CT molecular complexity index is 1100. The Labute approximate surface area is 232 Å². The first-order chi connectivity index (χ1) is 19.2. The Balaban J connectivity index is 1.42. The minimum atomic E-state index is -4.46. The topological polar surface area (TPSA) is 113 Å². The average molecular weight is 567 g/mol. The van der Waals surface area contributed by atoms with Gasteiger partial charge >= 0.3 is 18.2 Å². The molecule has 0 fully saturated rings. The summed E-state index contributed by atoms with van der Waals surface area (Å²) in [5, 5.41) is 15.3. The van der Waals surface area contributed by atoms with Crippen molar-refractivity contribution in [1.29, 1.82) is 0 Å². The number of carboxylic acid groups (broad SMARTS) is 1. The molecule has 2 aromatic rings. The summed E-state index contributed by atoms with van der Waals surface area (Å²) in [5.41, 5.74) is 1.84. The molecule has 0 radical (unpaired) electrons. The third-order valence-corrected chi connectivity index (χ3v) is 6.70. The summed E-state index contributed by atoms with van der Waals surface area (Å²) in [6, 6.07) is 7.24. The average Bonchev–Trinajstić information content (AvgIpc) is 2.93. The summed E-state index contributed by atoms with van der Waals surface area (Å²) >= 11 is 0. The van der Waals surface area contributed by atoms with Crippen LogP contribution in [0.4, 0.5) is 23.8 Å². The van der Waals surface area contributed by atoms with Crippen LogP contribution in [-0.4, -0.2) is 73.0 Å². The van der Waals surface area contributed by atoms with Crippen LogP contribution in [0, 0.1) is 0 Å². The monoisotopic (exact) mass is 566 g/mol. The SMILES string of the molecule is COCCN(CCCCc1ccc2c(n1)NCCC2)CC[C@H](NC(=O)OCc1ccc(C(F)(F)F)cc1)C(=O)O. The minimum Gasteiger partial charge on any atom is -0.480 e. The van der Waals surface area contributed by atoms with Crippen LogP contribution in [0.25, 0.3) is 0 Å². The van der Waals surface area contributed by atoms with Gasteiger partial charge in [0, 0.05) is 32.4 Å². The lowest BCUT2D eigenvalue weighted by Gasteiger charge is -2.24. The lowest BCUT2D eigenvalue weighted by atomic mass is 10.1. The number of anilines is 1. The van der Waals surface area contributed by atoms with Gasteiger partial charge in [-0.1, -0.05) is 18.2 Å². The van der Waals surface area contributed by atoms with Crippen LogP contribution in [0.3, 0.4) is 0 Å². The highest BCUT2D eigenvalue weighted by Gasteiger charge is 2.30. The third kappa shape index (κ3) is 10.3. The highest BCUT2D eigenvalue weighted by Crippen LogP contribution is 2.29. The first kappa shape index (κ1) is 31.2. The van der Waals surface area contributed by atoms with Gasteiger partial charge in [0.2, 0.25) is 0 Å². The van der Waals surface area contributed by atoms with Crippen LogP contribution in [0.15, 0.2) is 36.4 Å². The summed E-state index contributed by atoms with van der Waals surface area (Å²) in [6.45, 7) is 2.91. The van der Waals surface area contributed by atoms with Gasteiger partial charge < -0.3 is 30.1 Å². The lowest BCUT2D eigenvalue weighted by molar-refractivity contribution is -0.139. The smallest absolute Gasteiger partial charge is 0.416 e. The maximum absolute atomic E-state index is 12.7. The molecule has 1 aromatic carbocycles. The van der Waals surface area contributed by atoms with Crippen LogP contribution in [-0.2, 0) is 39.9 Å². The van der Waals surface area contributed by atoms with E-state index in [4.69, 9.17) is 14.5 Å². The molecule has 40 heavy (non-hydrogen) atoms. The molecule has 2 heterocycles. The number of methoxy groups -OCH3 is 1. The van der Waals surface area contributed by atoms with E-state index in [1.54, 1.807) is 7.11 Å². The molecule has 1 amide bonds. The molecule has 1 aliphatic rings. The summed E-state index contributed by atoms with van der Waals surface area (Å²) in [5.74, 6) is -0.221. The number of rotatable bonds is 15. The molecule has 220 valence electrons. The number of nitrogens with one attached hydrogen (secondary N) is 2. The summed E-state index contributed by atoms with van der Waals surface area (Å²) in [6.07, 6.45) is -0.450. The number of amides is 1. The number of hydrogen-bond acceptors (Lipinski definition) is 7. The Kier molecular flexibility index (Phi) is 12.0. The van der Waals surface area contributed by atoms with Crippen molar-refractivity contribution < 1.29 is 37.3 Å². The largest absolute Gasteiger partial charge is 0.480 e. The van der Waals surface area contributed by atoms with Gasteiger partial charge in [-0.25, -0.2) is 14.6 Å². The van der Waals surface area contributed by atoms with Crippen LogP contribution >= 0.6 is 0 Å². The van der Waals surface area contributed by atoms with Gasteiger partial charge in [0.15, 0.2) is 0 Å². The number of carbonyl (C=O) groups is 2. The molecule has 1 aliphatic heterocycles. The number of alkyl carbamates (subject to hydrolysis) is 1. The molecule has 0 unspecified atom stereocenters. The molecular formula is C28H37F3N4O5. The van der Waals surface area contributed by atoms with Crippen LogP contribution in [0.5, 0.6) is 0 Å². The number of aryl methyl sites for hydroxylation is 2. The molecule has 1 atom stereocenters. The minimum absolute atomic E-state index is 0.145. The first-order valence-electron chi connectivity index (χ1n) is 13.4. The number of carboxylic acids is 1. The van der Waals surface area contributed by atoms with Crippen LogP contribution in [0.2, 0.25) is 0 Å². The number of ether oxygens (including phenoxy) is 2. The van der Waals surface area contributed by atoms with Crippen molar-refractivity contribution in [2.24, 2.45) is 0 Å². The van der Waals surface area contributed by atoms with Crippen LogP contribution < -0.4 is 10.6 Å². The molecule has 1 aromatic heterocycles. The van der Waals surface area contributed by atoms with Gasteiger partial charge in [-0.2, -0.15) is 13.2 Å². The summed E-state index contributed by atoms with van der Waals surface area (Å²) in [7, 11) is 1.60.